The van der Waals surface area contributed by atoms with Crippen molar-refractivity contribution in [3.05, 3.63) is 23.8 Å². The van der Waals surface area contributed by atoms with Gasteiger partial charge in [-0.1, -0.05) is 41.8 Å². The molecule has 0 bridgehead atoms. The van der Waals surface area contributed by atoms with Gasteiger partial charge in [-0.25, -0.2) is 0 Å². The molecule has 0 fully saturated rings. The topological polar surface area (TPSA) is 90.4 Å². The highest BCUT2D eigenvalue weighted by Crippen LogP contribution is 2.33. The van der Waals surface area contributed by atoms with E-state index in [-0.39, 0.29) is 24.2 Å². The van der Waals surface area contributed by atoms with E-state index in [1.165, 1.54) is 34.9 Å². The third-order valence-electron chi connectivity index (χ3n) is 3.31. The van der Waals surface area contributed by atoms with Crippen molar-refractivity contribution in [2.24, 2.45) is 0 Å². The number of fused-ring (bicyclic) bond motifs is 1. The number of ketones is 1. The highest BCUT2D eigenvalue weighted by atomic mass is 32.2. The first kappa shape index (κ1) is 19.0. The van der Waals surface area contributed by atoms with Gasteiger partial charge in [0.15, 0.2) is 26.0 Å². The molecule has 0 spiro atoms. The van der Waals surface area contributed by atoms with Crippen molar-refractivity contribution in [2.75, 3.05) is 24.8 Å². The van der Waals surface area contributed by atoms with Crippen molar-refractivity contribution < 1.29 is 19.1 Å². The lowest BCUT2D eigenvalue weighted by atomic mass is 10.1. The molecule has 0 atom stereocenters. The number of carbonyl (C=O) groups excluding carboxylic acids is 2. The van der Waals surface area contributed by atoms with Crippen LogP contribution in [0.3, 0.4) is 0 Å². The fourth-order valence-electron chi connectivity index (χ4n) is 2.04. The molecule has 1 N–H and O–H groups in total. The van der Waals surface area contributed by atoms with E-state index in [0.717, 1.165) is 10.8 Å². The summed E-state index contributed by atoms with van der Waals surface area (Å²) in [5, 5.41) is 10.9. The van der Waals surface area contributed by atoms with E-state index in [4.69, 9.17) is 9.47 Å². The van der Waals surface area contributed by atoms with Crippen LogP contribution in [0.25, 0.3) is 0 Å². The highest BCUT2D eigenvalue weighted by molar-refractivity contribution is 8.03. The minimum atomic E-state index is -0.0170. The van der Waals surface area contributed by atoms with Gasteiger partial charge >= 0.3 is 0 Å². The third-order valence-corrected chi connectivity index (χ3v) is 6.50. The molecule has 0 saturated carbocycles. The van der Waals surface area contributed by atoms with Crippen molar-refractivity contribution >= 4 is 46.6 Å². The van der Waals surface area contributed by atoms with Crippen LogP contribution in [0, 0.1) is 0 Å². The van der Waals surface area contributed by atoms with E-state index in [1.54, 1.807) is 18.2 Å². The largest absolute Gasteiger partial charge is 0.454 e. The molecule has 0 saturated heterocycles. The van der Waals surface area contributed by atoms with E-state index >= 15 is 0 Å². The number of carbonyl (C=O) groups is 2. The Labute approximate surface area is 163 Å². The zero-order valence-corrected chi connectivity index (χ0v) is 16.5. The number of ether oxygens (including phenoxy) is 2. The van der Waals surface area contributed by atoms with E-state index in [1.807, 2.05) is 6.92 Å². The zero-order valence-electron chi connectivity index (χ0n) is 14.0. The van der Waals surface area contributed by atoms with Gasteiger partial charge in [0, 0.05) is 12.1 Å². The summed E-state index contributed by atoms with van der Waals surface area (Å²) in [7, 11) is 0. The van der Waals surface area contributed by atoms with Gasteiger partial charge in [0.05, 0.1) is 11.5 Å². The Bertz CT molecular complexity index is 797. The molecule has 1 aromatic heterocycles. The Balaban J connectivity index is 1.47. The summed E-state index contributed by atoms with van der Waals surface area (Å²) >= 11 is 4.07. The van der Waals surface area contributed by atoms with Crippen LogP contribution in [0.5, 0.6) is 11.5 Å². The first-order valence-electron chi connectivity index (χ1n) is 7.94. The number of nitrogens with one attached hydrogen (secondary N) is 1. The van der Waals surface area contributed by atoms with Crippen molar-refractivity contribution in [2.45, 2.75) is 22.0 Å². The van der Waals surface area contributed by atoms with Gasteiger partial charge in [0.25, 0.3) is 0 Å². The maximum absolute atomic E-state index is 12.3. The summed E-state index contributed by atoms with van der Waals surface area (Å²) in [4.78, 5) is 23.9. The molecule has 1 aromatic carbocycles. The molecule has 0 aliphatic carbocycles. The van der Waals surface area contributed by atoms with Crippen LogP contribution >= 0.6 is 34.9 Å². The molecule has 1 aliphatic rings. The first-order valence-corrected chi connectivity index (χ1v) is 10.7. The van der Waals surface area contributed by atoms with E-state index in [2.05, 4.69) is 15.5 Å². The lowest BCUT2D eigenvalue weighted by Crippen LogP contribution is -2.25. The number of aromatic nitrogens is 2. The number of hydrogen-bond acceptors (Lipinski definition) is 9. The summed E-state index contributed by atoms with van der Waals surface area (Å²) in [5.41, 5.74) is 0.577. The SMILES string of the molecule is CCCNC(=O)CSc1nnc(SCC(=O)c2ccc3c(c2)OCO3)s1. The molecule has 26 heavy (non-hydrogen) atoms. The maximum Gasteiger partial charge on any atom is 0.231 e. The number of thioether (sulfide) groups is 2. The van der Waals surface area contributed by atoms with Gasteiger partial charge in [0.1, 0.15) is 0 Å². The molecule has 1 aliphatic heterocycles. The standard InChI is InChI=1S/C16H17N3O4S3/c1-2-5-17-14(21)8-25-16-19-18-15(26-16)24-7-11(20)10-3-4-12-13(6-10)23-9-22-12/h3-4,6H,2,5,7-9H2,1H3,(H,17,21). The van der Waals surface area contributed by atoms with E-state index < -0.39 is 0 Å². The fraction of sp³-hybridized carbons (Fsp3) is 0.375. The molecule has 2 heterocycles. The normalized spacial score (nSPS) is 12.2. The van der Waals surface area contributed by atoms with Gasteiger partial charge < -0.3 is 14.8 Å². The highest BCUT2D eigenvalue weighted by Gasteiger charge is 2.17. The van der Waals surface area contributed by atoms with Crippen molar-refractivity contribution in [1.29, 1.82) is 0 Å². The van der Waals surface area contributed by atoms with Crippen LogP contribution in [0.2, 0.25) is 0 Å². The summed E-state index contributed by atoms with van der Waals surface area (Å²) in [6.07, 6.45) is 0.910. The number of amides is 1. The van der Waals surface area contributed by atoms with Gasteiger partial charge in [-0.2, -0.15) is 0 Å². The van der Waals surface area contributed by atoms with Gasteiger partial charge in [-0.05, 0) is 24.6 Å². The number of Topliss-reactive ketones (excluding diaryl/α,β-unsaturated/α-hetero) is 1. The van der Waals surface area contributed by atoms with Crippen LogP contribution in [0.15, 0.2) is 26.9 Å². The lowest BCUT2D eigenvalue weighted by Gasteiger charge is -2.01. The fourth-order valence-corrected chi connectivity index (χ4v) is 4.78. The summed E-state index contributed by atoms with van der Waals surface area (Å²) in [6, 6.07) is 5.16. The second-order valence-electron chi connectivity index (χ2n) is 5.25. The summed E-state index contributed by atoms with van der Waals surface area (Å²) < 4.78 is 12.0. The predicted molar refractivity (Wildman–Crippen MR) is 102 cm³/mol. The zero-order chi connectivity index (χ0) is 18.4. The molecule has 10 heteroatoms. The molecule has 1 amide bonds. The molecule has 0 unspecified atom stereocenters. The van der Waals surface area contributed by atoms with Crippen molar-refractivity contribution in [1.82, 2.24) is 15.5 Å². The number of nitrogens with zero attached hydrogens (tertiary/aromatic N) is 2. The Morgan fingerprint density at radius 1 is 1.15 bits per heavy atom. The smallest absolute Gasteiger partial charge is 0.231 e. The lowest BCUT2D eigenvalue weighted by molar-refractivity contribution is -0.118. The molecule has 2 aromatic rings. The minimum absolute atomic E-state index is 0.0146. The van der Waals surface area contributed by atoms with Crippen LogP contribution in [0.1, 0.15) is 23.7 Å². The Morgan fingerprint density at radius 2 is 1.88 bits per heavy atom. The summed E-state index contributed by atoms with van der Waals surface area (Å²) in [5.74, 6) is 1.79. The summed E-state index contributed by atoms with van der Waals surface area (Å²) in [6.45, 7) is 2.87. The Hall–Kier alpha value is -1.78. The van der Waals surface area contributed by atoms with E-state index in [0.29, 0.717) is 33.7 Å². The van der Waals surface area contributed by atoms with Gasteiger partial charge in [-0.15, -0.1) is 10.2 Å². The van der Waals surface area contributed by atoms with Crippen LogP contribution in [0.4, 0.5) is 0 Å². The molecule has 3 rings (SSSR count). The molecular formula is C16H17N3O4S3. The quantitative estimate of drug-likeness (QED) is 0.498. The first-order chi connectivity index (χ1) is 12.7. The van der Waals surface area contributed by atoms with Crippen molar-refractivity contribution in [3.63, 3.8) is 0 Å². The molecule has 138 valence electrons. The molecular weight excluding hydrogens is 394 g/mol. The van der Waals surface area contributed by atoms with Crippen molar-refractivity contribution in [3.8, 4) is 11.5 Å². The Kier molecular flexibility index (Phi) is 6.75. The number of hydrogen-bond donors (Lipinski definition) is 1. The average molecular weight is 412 g/mol. The number of benzene rings is 1. The molecule has 0 radical (unpaired) electrons. The van der Waals surface area contributed by atoms with E-state index in [9.17, 15) is 9.59 Å². The number of rotatable bonds is 9. The van der Waals surface area contributed by atoms with Crippen LogP contribution < -0.4 is 14.8 Å². The van der Waals surface area contributed by atoms with Gasteiger partial charge in [0.2, 0.25) is 12.7 Å². The average Bonchev–Trinajstić information content (AvgIpc) is 3.31. The maximum atomic E-state index is 12.3. The Morgan fingerprint density at radius 3 is 2.65 bits per heavy atom. The van der Waals surface area contributed by atoms with Gasteiger partial charge in [-0.3, -0.25) is 9.59 Å². The molecule has 7 nitrogen and oxygen atoms in total. The second kappa shape index (κ2) is 9.24. The third kappa shape index (κ3) is 5.12. The second-order valence-corrected chi connectivity index (χ2v) is 8.67. The van der Waals surface area contributed by atoms with Crippen LogP contribution in [-0.4, -0.2) is 46.7 Å². The monoisotopic (exact) mass is 411 g/mol. The predicted octanol–water partition coefficient (Wildman–Crippen LogP) is 2.86. The minimum Gasteiger partial charge on any atom is -0.454 e. The van der Waals surface area contributed by atoms with Crippen LogP contribution in [-0.2, 0) is 4.79 Å².